The summed E-state index contributed by atoms with van der Waals surface area (Å²) >= 11 is 0. The molecule has 49 heavy (non-hydrogen) atoms. The normalized spacial score (nSPS) is 35.3. The smallest absolute Gasteiger partial charge is 0.447 e. The van der Waals surface area contributed by atoms with Crippen molar-refractivity contribution in [3.8, 4) is 6.07 Å². The van der Waals surface area contributed by atoms with Crippen LogP contribution in [0.4, 0.5) is 13.6 Å². The van der Waals surface area contributed by atoms with Crippen molar-refractivity contribution in [2.24, 2.45) is 23.2 Å². The first-order valence-corrected chi connectivity index (χ1v) is 18.2. The number of rotatable bonds is 10. The van der Waals surface area contributed by atoms with E-state index in [4.69, 9.17) is 14.0 Å². The van der Waals surface area contributed by atoms with Gasteiger partial charge in [-0.2, -0.15) is 5.26 Å². The van der Waals surface area contributed by atoms with E-state index in [1.54, 1.807) is 9.80 Å². The molecule has 12 heteroatoms. The van der Waals surface area contributed by atoms with Crippen LogP contribution >= 0.6 is 0 Å². The van der Waals surface area contributed by atoms with Gasteiger partial charge in [-0.1, -0.05) is 44.2 Å². The summed E-state index contributed by atoms with van der Waals surface area (Å²) in [7, 11) is -0.633. The number of ether oxygens (including phenoxy) is 1. The Morgan fingerprint density at radius 2 is 1.86 bits per heavy atom. The lowest BCUT2D eigenvalue weighted by molar-refractivity contribution is -0.199. The van der Waals surface area contributed by atoms with Crippen LogP contribution in [0.3, 0.4) is 0 Å². The van der Waals surface area contributed by atoms with E-state index in [9.17, 15) is 23.6 Å². The number of nitriles is 1. The van der Waals surface area contributed by atoms with Gasteiger partial charge in [0.25, 0.3) is 5.92 Å². The van der Waals surface area contributed by atoms with Crippen LogP contribution in [0.15, 0.2) is 30.3 Å². The van der Waals surface area contributed by atoms with Crippen LogP contribution in [-0.2, 0) is 25.3 Å². The summed E-state index contributed by atoms with van der Waals surface area (Å²) in [6, 6.07) is 12.1. The molecule has 7 aliphatic rings. The van der Waals surface area contributed by atoms with Crippen LogP contribution in [0.5, 0.6) is 0 Å². The molecule has 1 aromatic carbocycles. The lowest BCUT2D eigenvalue weighted by Crippen LogP contribution is -2.65. The average Bonchev–Trinajstić information content (AvgIpc) is 3.81. The van der Waals surface area contributed by atoms with Gasteiger partial charge in [-0.15, -0.1) is 0 Å². The highest BCUT2D eigenvalue weighted by Gasteiger charge is 2.68. The van der Waals surface area contributed by atoms with Gasteiger partial charge in [-0.05, 0) is 95.0 Å². The van der Waals surface area contributed by atoms with E-state index in [0.29, 0.717) is 31.1 Å². The number of hydrogen-bond acceptors (Lipinski definition) is 7. The lowest BCUT2D eigenvalue weighted by Gasteiger charge is -2.64. The third kappa shape index (κ3) is 6.05. The van der Waals surface area contributed by atoms with Gasteiger partial charge in [0.05, 0.1) is 35.8 Å². The highest BCUT2D eigenvalue weighted by molar-refractivity contribution is 6.47. The molecule has 0 aromatic heterocycles. The number of alkyl carbamates (subject to hydrolysis) is 1. The molecular formula is C37H51BF2N4O5. The molecule has 9 nitrogen and oxygen atoms in total. The van der Waals surface area contributed by atoms with Gasteiger partial charge in [0.15, 0.2) is 0 Å². The van der Waals surface area contributed by atoms with Gasteiger partial charge < -0.3 is 24.3 Å². The molecule has 1 unspecified atom stereocenters. The first-order chi connectivity index (χ1) is 23.1. The molecule has 266 valence electrons. The van der Waals surface area contributed by atoms with E-state index >= 15 is 0 Å². The molecule has 3 saturated carbocycles. The molecule has 6 atom stereocenters. The Morgan fingerprint density at radius 1 is 1.14 bits per heavy atom. The Balaban J connectivity index is 1.02. The number of halogens is 2. The van der Waals surface area contributed by atoms with Gasteiger partial charge in [-0.25, -0.2) is 13.6 Å². The van der Waals surface area contributed by atoms with Crippen LogP contribution in [0, 0.1) is 34.5 Å². The first-order valence-electron chi connectivity index (χ1n) is 18.2. The number of alkyl halides is 2. The minimum Gasteiger partial charge on any atom is -0.447 e. The monoisotopic (exact) mass is 680 g/mol. The van der Waals surface area contributed by atoms with E-state index < -0.39 is 47.7 Å². The molecule has 4 aliphatic heterocycles. The molecule has 1 aromatic rings. The van der Waals surface area contributed by atoms with E-state index in [0.717, 1.165) is 31.2 Å². The van der Waals surface area contributed by atoms with E-state index in [1.165, 1.54) is 0 Å². The van der Waals surface area contributed by atoms with E-state index in [2.05, 4.69) is 32.2 Å². The average molecular weight is 681 g/mol. The second kappa shape index (κ2) is 12.2. The molecule has 4 saturated heterocycles. The predicted octanol–water partition coefficient (Wildman–Crippen LogP) is 5.76. The Bertz CT molecular complexity index is 1480. The maximum Gasteiger partial charge on any atom is 0.482 e. The van der Waals surface area contributed by atoms with Gasteiger partial charge in [-0.3, -0.25) is 9.69 Å². The Kier molecular flexibility index (Phi) is 8.63. The number of amides is 2. The second-order valence-corrected chi connectivity index (χ2v) is 17.2. The second-order valence-electron chi connectivity index (χ2n) is 17.2. The molecule has 8 rings (SSSR count). The fraction of sp³-hybridized carbons (Fsp3) is 0.757. The number of nitrogens with zero attached hydrogens (tertiary/aromatic N) is 3. The Labute approximate surface area is 289 Å². The van der Waals surface area contributed by atoms with Crippen molar-refractivity contribution in [3.63, 3.8) is 0 Å². The van der Waals surface area contributed by atoms with Crippen LogP contribution in [0.1, 0.15) is 91.5 Å². The van der Waals surface area contributed by atoms with Crippen LogP contribution < -0.4 is 5.32 Å². The summed E-state index contributed by atoms with van der Waals surface area (Å²) in [5.74, 6) is -3.54. The zero-order chi connectivity index (χ0) is 35.0. The minimum absolute atomic E-state index is 0.0175. The van der Waals surface area contributed by atoms with E-state index in [1.807, 2.05) is 44.2 Å². The summed E-state index contributed by atoms with van der Waals surface area (Å²) in [6.45, 7) is 10.3. The summed E-state index contributed by atoms with van der Waals surface area (Å²) in [5, 5.41) is 13.2. The number of hydrogen-bond donors (Lipinski definition) is 1. The van der Waals surface area contributed by atoms with Crippen molar-refractivity contribution in [3.05, 3.63) is 35.9 Å². The van der Waals surface area contributed by atoms with Crippen molar-refractivity contribution >= 4 is 19.1 Å². The maximum atomic E-state index is 14.0. The number of carbonyl (C=O) groups is 2. The molecule has 1 N–H and O–H groups in total. The number of carbonyl (C=O) groups excluding carboxylic acids is 2. The van der Waals surface area contributed by atoms with Crippen molar-refractivity contribution < 1.29 is 32.4 Å². The van der Waals surface area contributed by atoms with Crippen molar-refractivity contribution in [2.45, 2.75) is 133 Å². The fourth-order valence-electron chi connectivity index (χ4n) is 10.4. The highest BCUT2D eigenvalue weighted by Crippen LogP contribution is 2.65. The molecule has 7 fully saturated rings. The standard InChI is InChI=1S/C37H51BF2N4O5/c1-33(2,43-16-15-37(39,40)22-43)20-25(21-41)31(45)44-27-11-13-36(44,14-12-27)23-47-32(46)42-30(17-24-9-7-6-8-10-24)38-48-29-19-26-18-28(34(26,3)4)35(29,5)49-38/h6-10,25-30H,11-20,22-23H2,1-5H3,(H,42,46)/t25?,26-,27?,28-,29+,30-,35-,36?/m0/s1. The fourth-order valence-corrected chi connectivity index (χ4v) is 10.4. The summed E-state index contributed by atoms with van der Waals surface area (Å²) in [5.41, 5.74) is -0.632. The van der Waals surface area contributed by atoms with Crippen molar-refractivity contribution in [1.29, 1.82) is 5.26 Å². The third-order valence-electron chi connectivity index (χ3n) is 13.6. The Morgan fingerprint density at radius 3 is 2.49 bits per heavy atom. The number of likely N-dealkylation sites (tertiary alicyclic amines) is 1. The molecule has 0 radical (unpaired) electrons. The molecule has 3 aliphatic carbocycles. The highest BCUT2D eigenvalue weighted by atomic mass is 19.3. The SMILES string of the molecule is CC1(C)[C@@H]2C[C@H]3OB([C@H](Cc4ccccc4)NC(=O)OCC45CCC(CC4)N5C(=O)C(C#N)CC(C)(C)N4CCC(F)(F)C4)O[C@@]3(C)[C@H]1C2. The quantitative estimate of drug-likeness (QED) is 0.314. The molecule has 4 heterocycles. The zero-order valence-electron chi connectivity index (χ0n) is 29.6. The van der Waals surface area contributed by atoms with E-state index in [-0.39, 0.29) is 56.0 Å². The molecular weight excluding hydrogens is 629 g/mol. The molecule has 4 bridgehead atoms. The summed E-state index contributed by atoms with van der Waals surface area (Å²) < 4.78 is 47.3. The number of nitrogens with one attached hydrogen (secondary N) is 1. The number of benzene rings is 1. The molecule has 2 amide bonds. The van der Waals surface area contributed by atoms with Crippen LogP contribution in [0.2, 0.25) is 0 Å². The predicted molar refractivity (Wildman–Crippen MR) is 179 cm³/mol. The minimum atomic E-state index is -2.76. The van der Waals surface area contributed by atoms with Gasteiger partial charge in [0.2, 0.25) is 5.91 Å². The van der Waals surface area contributed by atoms with Gasteiger partial charge >= 0.3 is 13.2 Å². The Hall–Kier alpha value is -2.75. The van der Waals surface area contributed by atoms with Crippen LogP contribution in [0.25, 0.3) is 0 Å². The number of fused-ring (bicyclic) bond motifs is 2. The third-order valence-corrected chi connectivity index (χ3v) is 13.6. The first kappa shape index (κ1) is 34.7. The summed E-state index contributed by atoms with van der Waals surface area (Å²) in [6.07, 6.45) is 4.79. The maximum absolute atomic E-state index is 14.0. The van der Waals surface area contributed by atoms with Crippen molar-refractivity contribution in [1.82, 2.24) is 15.1 Å². The van der Waals surface area contributed by atoms with Crippen molar-refractivity contribution in [2.75, 3.05) is 19.7 Å². The lowest BCUT2D eigenvalue weighted by atomic mass is 9.43. The van der Waals surface area contributed by atoms with Gasteiger partial charge in [0.1, 0.15) is 12.5 Å². The zero-order valence-corrected chi connectivity index (χ0v) is 29.6. The largest absolute Gasteiger partial charge is 0.482 e. The van der Waals surface area contributed by atoms with Crippen LogP contribution in [-0.4, -0.2) is 89.3 Å². The summed E-state index contributed by atoms with van der Waals surface area (Å²) in [4.78, 5) is 31.1. The van der Waals surface area contributed by atoms with Gasteiger partial charge in [0, 0.05) is 24.5 Å². The topological polar surface area (TPSA) is 104 Å². The molecule has 0 spiro atoms.